The fraction of sp³-hybridized carbons (Fsp3) is 0.611. The van der Waals surface area contributed by atoms with Crippen LogP contribution < -0.4 is 5.32 Å². The molecule has 1 saturated heterocycles. The first kappa shape index (κ1) is 16.3. The van der Waals surface area contributed by atoms with Crippen LogP contribution in [-0.4, -0.2) is 38.7 Å². The van der Waals surface area contributed by atoms with Gasteiger partial charge in [0.2, 0.25) is 0 Å². The van der Waals surface area contributed by atoms with Crippen LogP contribution in [-0.2, 0) is 11.8 Å². The molecule has 4 rings (SSSR count). The second-order valence-corrected chi connectivity index (χ2v) is 7.05. The van der Waals surface area contributed by atoms with E-state index in [0.29, 0.717) is 30.1 Å². The van der Waals surface area contributed by atoms with Crippen molar-refractivity contribution in [2.75, 3.05) is 18.5 Å². The van der Waals surface area contributed by atoms with E-state index in [2.05, 4.69) is 15.5 Å². The lowest BCUT2D eigenvalue weighted by Crippen LogP contribution is -2.21. The molecule has 1 saturated carbocycles. The number of rotatable bonds is 4. The number of nitrogens with one attached hydrogen (secondary N) is 1. The molecule has 2 aromatic heterocycles. The zero-order chi connectivity index (χ0) is 17.2. The lowest BCUT2D eigenvalue weighted by molar-refractivity contribution is 0.0791. The van der Waals surface area contributed by atoms with Gasteiger partial charge in [-0.3, -0.25) is 14.2 Å². The summed E-state index contributed by atoms with van der Waals surface area (Å²) in [5.74, 6) is 0.901. The van der Waals surface area contributed by atoms with Crippen molar-refractivity contribution in [3.63, 3.8) is 0 Å². The van der Waals surface area contributed by atoms with Gasteiger partial charge in [0, 0.05) is 31.8 Å². The molecule has 1 N–H and O–H groups in total. The molecule has 0 spiro atoms. The highest BCUT2D eigenvalue weighted by Gasteiger charge is 2.24. The third-order valence-electron chi connectivity index (χ3n) is 5.29. The van der Waals surface area contributed by atoms with E-state index < -0.39 is 0 Å². The molecule has 3 heterocycles. The number of amides is 1. The van der Waals surface area contributed by atoms with Crippen LogP contribution in [0.3, 0.4) is 0 Å². The molecule has 7 nitrogen and oxygen atoms in total. The number of carbonyl (C=O) groups is 1. The Morgan fingerprint density at radius 3 is 2.88 bits per heavy atom. The lowest BCUT2D eigenvalue weighted by Gasteiger charge is -2.19. The Bertz CT molecular complexity index is 738. The number of anilines is 1. The standard InChI is InChI=1S/C18H25N5O2/c1-22-17(11-15(21-22)13-5-4-10-25-12-13)20-18(24)16-8-9-19-23(16)14-6-2-3-7-14/h8-9,11,13-14H,2-7,10,12H2,1H3,(H,20,24). The summed E-state index contributed by atoms with van der Waals surface area (Å²) in [5, 5.41) is 11.9. The van der Waals surface area contributed by atoms with Crippen molar-refractivity contribution in [2.24, 2.45) is 7.05 Å². The molecule has 2 fully saturated rings. The molecule has 2 aromatic rings. The minimum absolute atomic E-state index is 0.126. The zero-order valence-electron chi connectivity index (χ0n) is 14.6. The highest BCUT2D eigenvalue weighted by Crippen LogP contribution is 2.30. The molecule has 0 bridgehead atoms. The van der Waals surface area contributed by atoms with Crippen molar-refractivity contribution in [1.29, 1.82) is 0 Å². The maximum absolute atomic E-state index is 12.8. The molecule has 2 aliphatic rings. The molecular formula is C18H25N5O2. The van der Waals surface area contributed by atoms with Gasteiger partial charge in [-0.15, -0.1) is 0 Å². The van der Waals surface area contributed by atoms with E-state index in [-0.39, 0.29) is 5.91 Å². The van der Waals surface area contributed by atoms with Crippen LogP contribution in [0.2, 0.25) is 0 Å². The van der Waals surface area contributed by atoms with Gasteiger partial charge in [0.15, 0.2) is 0 Å². The average molecular weight is 343 g/mol. The highest BCUT2D eigenvalue weighted by molar-refractivity contribution is 6.02. The minimum Gasteiger partial charge on any atom is -0.381 e. The van der Waals surface area contributed by atoms with Crippen molar-refractivity contribution in [3.8, 4) is 0 Å². The summed E-state index contributed by atoms with van der Waals surface area (Å²) < 4.78 is 9.17. The smallest absolute Gasteiger partial charge is 0.275 e. The zero-order valence-corrected chi connectivity index (χ0v) is 14.6. The van der Waals surface area contributed by atoms with Crippen LogP contribution in [0.4, 0.5) is 5.82 Å². The average Bonchev–Trinajstić information content (AvgIpc) is 3.36. The minimum atomic E-state index is -0.126. The fourth-order valence-corrected chi connectivity index (χ4v) is 3.89. The van der Waals surface area contributed by atoms with Crippen LogP contribution in [0.25, 0.3) is 0 Å². The maximum Gasteiger partial charge on any atom is 0.275 e. The Kier molecular flexibility index (Phi) is 4.57. The Balaban J connectivity index is 1.49. The molecule has 1 amide bonds. The Morgan fingerprint density at radius 1 is 1.28 bits per heavy atom. The van der Waals surface area contributed by atoms with E-state index in [1.54, 1.807) is 16.9 Å². The number of ether oxygens (including phenoxy) is 1. The number of aromatic nitrogens is 4. The van der Waals surface area contributed by atoms with Gasteiger partial charge in [-0.2, -0.15) is 10.2 Å². The van der Waals surface area contributed by atoms with Crippen LogP contribution in [0, 0.1) is 0 Å². The van der Waals surface area contributed by atoms with Crippen LogP contribution >= 0.6 is 0 Å². The lowest BCUT2D eigenvalue weighted by atomic mass is 9.99. The molecule has 0 aromatic carbocycles. The number of hydrogen-bond acceptors (Lipinski definition) is 4. The molecule has 134 valence electrons. The fourth-order valence-electron chi connectivity index (χ4n) is 3.89. The molecule has 1 atom stereocenters. The molecule has 0 radical (unpaired) electrons. The molecule has 7 heteroatoms. The quantitative estimate of drug-likeness (QED) is 0.926. The van der Waals surface area contributed by atoms with E-state index >= 15 is 0 Å². The summed E-state index contributed by atoms with van der Waals surface area (Å²) in [4.78, 5) is 12.8. The maximum atomic E-state index is 12.8. The first-order valence-corrected chi connectivity index (χ1v) is 9.19. The van der Waals surface area contributed by atoms with Crippen LogP contribution in [0.1, 0.15) is 66.7 Å². The SMILES string of the molecule is Cn1nc(C2CCCOC2)cc1NC(=O)c1ccnn1C1CCCC1. The van der Waals surface area contributed by atoms with E-state index in [1.165, 1.54) is 12.8 Å². The number of nitrogens with zero attached hydrogens (tertiary/aromatic N) is 4. The van der Waals surface area contributed by atoms with E-state index in [9.17, 15) is 4.79 Å². The van der Waals surface area contributed by atoms with Crippen molar-refractivity contribution in [2.45, 2.75) is 50.5 Å². The molecule has 1 unspecified atom stereocenters. The van der Waals surface area contributed by atoms with Gasteiger partial charge < -0.3 is 10.1 Å². The summed E-state index contributed by atoms with van der Waals surface area (Å²) in [5.41, 5.74) is 1.61. The largest absolute Gasteiger partial charge is 0.381 e. The summed E-state index contributed by atoms with van der Waals surface area (Å²) in [6, 6.07) is 4.10. The van der Waals surface area contributed by atoms with Crippen molar-refractivity contribution in [1.82, 2.24) is 19.6 Å². The summed E-state index contributed by atoms with van der Waals surface area (Å²) in [6.45, 7) is 1.54. The summed E-state index contributed by atoms with van der Waals surface area (Å²) in [6.07, 6.45) is 8.46. The molecule has 25 heavy (non-hydrogen) atoms. The van der Waals surface area contributed by atoms with Gasteiger partial charge in [0.05, 0.1) is 18.3 Å². The second-order valence-electron chi connectivity index (χ2n) is 7.05. The number of carbonyl (C=O) groups excluding carboxylic acids is 1. The van der Waals surface area contributed by atoms with Gasteiger partial charge in [-0.1, -0.05) is 12.8 Å². The third-order valence-corrected chi connectivity index (χ3v) is 5.29. The number of hydrogen-bond donors (Lipinski definition) is 1. The first-order chi connectivity index (χ1) is 12.2. The normalized spacial score (nSPS) is 21.6. The van der Waals surface area contributed by atoms with E-state index in [1.807, 2.05) is 17.8 Å². The summed E-state index contributed by atoms with van der Waals surface area (Å²) in [7, 11) is 1.86. The van der Waals surface area contributed by atoms with E-state index in [0.717, 1.165) is 38.0 Å². The predicted molar refractivity (Wildman–Crippen MR) is 93.7 cm³/mol. The predicted octanol–water partition coefficient (Wildman–Crippen LogP) is 2.88. The van der Waals surface area contributed by atoms with Gasteiger partial charge in [-0.05, 0) is 31.7 Å². The first-order valence-electron chi connectivity index (χ1n) is 9.19. The Morgan fingerprint density at radius 2 is 2.12 bits per heavy atom. The second kappa shape index (κ2) is 7.00. The third kappa shape index (κ3) is 3.33. The van der Waals surface area contributed by atoms with E-state index in [4.69, 9.17) is 4.74 Å². The molecule has 1 aliphatic heterocycles. The van der Waals surface area contributed by atoms with Gasteiger partial charge >= 0.3 is 0 Å². The molecular weight excluding hydrogens is 318 g/mol. The van der Waals surface area contributed by atoms with Crippen LogP contribution in [0.5, 0.6) is 0 Å². The highest BCUT2D eigenvalue weighted by atomic mass is 16.5. The molecule has 1 aliphatic carbocycles. The van der Waals surface area contributed by atoms with Gasteiger partial charge in [0.1, 0.15) is 11.5 Å². The van der Waals surface area contributed by atoms with Crippen LogP contribution in [0.15, 0.2) is 18.3 Å². The Hall–Kier alpha value is -2.15. The van der Waals surface area contributed by atoms with Crippen molar-refractivity contribution >= 4 is 11.7 Å². The monoisotopic (exact) mass is 343 g/mol. The topological polar surface area (TPSA) is 74.0 Å². The summed E-state index contributed by atoms with van der Waals surface area (Å²) >= 11 is 0. The van der Waals surface area contributed by atoms with Gasteiger partial charge in [0.25, 0.3) is 5.91 Å². The van der Waals surface area contributed by atoms with Gasteiger partial charge in [-0.25, -0.2) is 0 Å². The number of aryl methyl sites for hydroxylation is 1. The Labute approximate surface area is 147 Å². The van der Waals surface area contributed by atoms with Crippen molar-refractivity contribution < 1.29 is 9.53 Å². The van der Waals surface area contributed by atoms with Crippen molar-refractivity contribution in [3.05, 3.63) is 29.7 Å².